The van der Waals surface area contributed by atoms with Crippen molar-refractivity contribution >= 4 is 11.3 Å². The van der Waals surface area contributed by atoms with Crippen molar-refractivity contribution in [3.05, 3.63) is 46.5 Å². The van der Waals surface area contributed by atoms with E-state index in [4.69, 9.17) is 10.2 Å². The molecule has 2 unspecified atom stereocenters. The average molecular weight is 276 g/mol. The fourth-order valence-corrected chi connectivity index (χ4v) is 3.30. The van der Waals surface area contributed by atoms with Gasteiger partial charge in [0, 0.05) is 18.6 Å². The first kappa shape index (κ1) is 12.9. The SMILES string of the molecule is CC(N)C(c1ccco1)N(Cc1ccsc1)C1CC1. The van der Waals surface area contributed by atoms with Gasteiger partial charge in [-0.15, -0.1) is 0 Å². The fraction of sp³-hybridized carbons (Fsp3) is 0.467. The van der Waals surface area contributed by atoms with Crippen molar-refractivity contribution in [1.29, 1.82) is 0 Å². The number of furan rings is 1. The van der Waals surface area contributed by atoms with Crippen LogP contribution in [0.5, 0.6) is 0 Å². The Hall–Kier alpha value is -1.10. The molecule has 0 amide bonds. The number of nitrogens with two attached hydrogens (primary N) is 1. The highest BCUT2D eigenvalue weighted by atomic mass is 32.1. The third kappa shape index (κ3) is 2.91. The second-order valence-electron chi connectivity index (χ2n) is 5.35. The molecule has 0 bridgehead atoms. The normalized spacial score (nSPS) is 18.7. The molecule has 3 rings (SSSR count). The molecule has 1 saturated carbocycles. The summed E-state index contributed by atoms with van der Waals surface area (Å²) in [6.45, 7) is 3.03. The summed E-state index contributed by atoms with van der Waals surface area (Å²) in [5.41, 5.74) is 7.59. The molecule has 1 fully saturated rings. The summed E-state index contributed by atoms with van der Waals surface area (Å²) in [6.07, 6.45) is 4.28. The van der Waals surface area contributed by atoms with Crippen molar-refractivity contribution in [2.45, 2.75) is 44.4 Å². The van der Waals surface area contributed by atoms with Gasteiger partial charge in [-0.2, -0.15) is 11.3 Å². The topological polar surface area (TPSA) is 42.4 Å². The molecule has 0 radical (unpaired) electrons. The lowest BCUT2D eigenvalue weighted by Gasteiger charge is -2.32. The quantitative estimate of drug-likeness (QED) is 0.879. The van der Waals surface area contributed by atoms with Crippen molar-refractivity contribution in [3.8, 4) is 0 Å². The van der Waals surface area contributed by atoms with Crippen molar-refractivity contribution in [2.75, 3.05) is 0 Å². The van der Waals surface area contributed by atoms with E-state index >= 15 is 0 Å². The van der Waals surface area contributed by atoms with Gasteiger partial charge in [0.25, 0.3) is 0 Å². The molecule has 19 heavy (non-hydrogen) atoms. The second kappa shape index (κ2) is 5.49. The Morgan fingerprint density at radius 3 is 2.84 bits per heavy atom. The summed E-state index contributed by atoms with van der Waals surface area (Å²) < 4.78 is 5.62. The Labute approximate surface area is 118 Å². The highest BCUT2D eigenvalue weighted by molar-refractivity contribution is 7.07. The molecule has 2 atom stereocenters. The van der Waals surface area contributed by atoms with Crippen LogP contribution in [0.15, 0.2) is 39.6 Å². The van der Waals surface area contributed by atoms with Crippen LogP contribution in [0.2, 0.25) is 0 Å². The van der Waals surface area contributed by atoms with Crippen LogP contribution in [0.25, 0.3) is 0 Å². The molecule has 3 nitrogen and oxygen atoms in total. The lowest BCUT2D eigenvalue weighted by Crippen LogP contribution is -2.40. The maximum atomic E-state index is 6.22. The minimum Gasteiger partial charge on any atom is -0.468 e. The van der Waals surface area contributed by atoms with Gasteiger partial charge in [0.1, 0.15) is 5.76 Å². The number of hydrogen-bond acceptors (Lipinski definition) is 4. The second-order valence-corrected chi connectivity index (χ2v) is 6.13. The largest absolute Gasteiger partial charge is 0.468 e. The van der Waals surface area contributed by atoms with Crippen molar-refractivity contribution < 1.29 is 4.42 Å². The Bertz CT molecular complexity index is 488. The summed E-state index contributed by atoms with van der Waals surface area (Å²) >= 11 is 1.75. The van der Waals surface area contributed by atoms with Gasteiger partial charge >= 0.3 is 0 Å². The van der Waals surface area contributed by atoms with Gasteiger partial charge in [0.2, 0.25) is 0 Å². The summed E-state index contributed by atoms with van der Waals surface area (Å²) in [5.74, 6) is 0.983. The van der Waals surface area contributed by atoms with Crippen LogP contribution in [0.4, 0.5) is 0 Å². The number of hydrogen-bond donors (Lipinski definition) is 1. The maximum absolute atomic E-state index is 6.22. The van der Waals surface area contributed by atoms with Gasteiger partial charge < -0.3 is 10.2 Å². The molecule has 0 spiro atoms. The van der Waals surface area contributed by atoms with E-state index < -0.39 is 0 Å². The van der Waals surface area contributed by atoms with Crippen LogP contribution in [-0.4, -0.2) is 17.0 Å². The van der Waals surface area contributed by atoms with E-state index in [9.17, 15) is 0 Å². The number of rotatable bonds is 6. The highest BCUT2D eigenvalue weighted by Crippen LogP contribution is 2.37. The molecular weight excluding hydrogens is 256 g/mol. The Morgan fingerprint density at radius 2 is 2.32 bits per heavy atom. The lowest BCUT2D eigenvalue weighted by atomic mass is 10.0. The van der Waals surface area contributed by atoms with Gasteiger partial charge in [0.05, 0.1) is 12.3 Å². The average Bonchev–Trinajstić information content (AvgIpc) is 2.88. The molecule has 4 heteroatoms. The summed E-state index contributed by atoms with van der Waals surface area (Å²) in [6, 6.07) is 7.06. The van der Waals surface area contributed by atoms with Crippen molar-refractivity contribution in [2.24, 2.45) is 5.73 Å². The van der Waals surface area contributed by atoms with E-state index in [1.807, 2.05) is 12.1 Å². The number of nitrogens with zero attached hydrogens (tertiary/aromatic N) is 1. The zero-order valence-corrected chi connectivity index (χ0v) is 12.0. The standard InChI is InChI=1S/C15H20N2OS/c1-11(16)15(14-3-2-7-18-14)17(13-4-5-13)9-12-6-8-19-10-12/h2-3,6-8,10-11,13,15H,4-5,9,16H2,1H3. The monoisotopic (exact) mass is 276 g/mol. The molecule has 1 aliphatic rings. The van der Waals surface area contributed by atoms with E-state index in [2.05, 4.69) is 28.7 Å². The fourth-order valence-electron chi connectivity index (χ4n) is 2.64. The zero-order chi connectivity index (χ0) is 13.2. The summed E-state index contributed by atoms with van der Waals surface area (Å²) in [5, 5.41) is 4.35. The van der Waals surface area contributed by atoms with Gasteiger partial charge in [-0.1, -0.05) is 0 Å². The third-order valence-electron chi connectivity index (χ3n) is 3.65. The Morgan fingerprint density at radius 1 is 1.47 bits per heavy atom. The molecule has 0 aliphatic heterocycles. The molecular formula is C15H20N2OS. The van der Waals surface area contributed by atoms with E-state index in [-0.39, 0.29) is 12.1 Å². The lowest BCUT2D eigenvalue weighted by molar-refractivity contribution is 0.137. The minimum absolute atomic E-state index is 0.0605. The van der Waals surface area contributed by atoms with Crippen LogP contribution in [0.1, 0.15) is 37.1 Å². The first-order valence-electron chi connectivity index (χ1n) is 6.81. The van der Waals surface area contributed by atoms with E-state index in [1.54, 1.807) is 17.6 Å². The van der Waals surface area contributed by atoms with Crippen molar-refractivity contribution in [1.82, 2.24) is 4.90 Å². The predicted molar refractivity (Wildman–Crippen MR) is 78.0 cm³/mol. The minimum atomic E-state index is 0.0605. The molecule has 0 saturated heterocycles. The molecule has 2 N–H and O–H groups in total. The predicted octanol–water partition coefficient (Wildman–Crippen LogP) is 3.39. The van der Waals surface area contributed by atoms with Crippen molar-refractivity contribution in [3.63, 3.8) is 0 Å². The van der Waals surface area contributed by atoms with Crippen LogP contribution in [0.3, 0.4) is 0 Å². The Kier molecular flexibility index (Phi) is 3.73. The Balaban J connectivity index is 1.84. The molecule has 102 valence electrons. The van der Waals surface area contributed by atoms with E-state index in [0.717, 1.165) is 12.3 Å². The van der Waals surface area contributed by atoms with Gasteiger partial charge in [-0.05, 0) is 54.3 Å². The van der Waals surface area contributed by atoms with E-state index in [0.29, 0.717) is 6.04 Å². The smallest absolute Gasteiger partial charge is 0.122 e. The molecule has 2 heterocycles. The van der Waals surface area contributed by atoms with Gasteiger partial charge in [-0.3, -0.25) is 4.90 Å². The highest BCUT2D eigenvalue weighted by Gasteiger charge is 2.37. The first-order valence-corrected chi connectivity index (χ1v) is 7.76. The van der Waals surface area contributed by atoms with Gasteiger partial charge in [0.15, 0.2) is 0 Å². The van der Waals surface area contributed by atoms with Crippen LogP contribution in [0, 0.1) is 0 Å². The van der Waals surface area contributed by atoms with Crippen LogP contribution < -0.4 is 5.73 Å². The zero-order valence-electron chi connectivity index (χ0n) is 11.2. The molecule has 2 aromatic heterocycles. The van der Waals surface area contributed by atoms with E-state index in [1.165, 1.54) is 18.4 Å². The first-order chi connectivity index (χ1) is 9.25. The van der Waals surface area contributed by atoms with Gasteiger partial charge in [-0.25, -0.2) is 0 Å². The molecule has 0 aromatic carbocycles. The summed E-state index contributed by atoms with van der Waals surface area (Å²) in [7, 11) is 0. The maximum Gasteiger partial charge on any atom is 0.122 e. The summed E-state index contributed by atoms with van der Waals surface area (Å²) in [4.78, 5) is 2.51. The molecule has 1 aliphatic carbocycles. The van der Waals surface area contributed by atoms with Crippen LogP contribution in [-0.2, 0) is 6.54 Å². The molecule has 2 aromatic rings. The van der Waals surface area contributed by atoms with Crippen LogP contribution >= 0.6 is 11.3 Å². The number of thiophene rings is 1. The third-order valence-corrected chi connectivity index (χ3v) is 4.38.